The highest BCUT2D eigenvalue weighted by Crippen LogP contribution is 2.26. The average molecular weight is 267 g/mol. The smallest absolute Gasteiger partial charge is 0.185 e. The molecule has 0 aliphatic heterocycles. The van der Waals surface area contributed by atoms with Gasteiger partial charge in [-0.05, 0) is 47.0 Å². The molecule has 0 fully saturated rings. The summed E-state index contributed by atoms with van der Waals surface area (Å²) in [4.78, 5) is 16.4. The fourth-order valence-electron chi connectivity index (χ4n) is 2.12. The van der Waals surface area contributed by atoms with Gasteiger partial charge in [0.1, 0.15) is 5.69 Å². The lowest BCUT2D eigenvalue weighted by Gasteiger charge is -2.01. The monoisotopic (exact) mass is 267 g/mol. The van der Waals surface area contributed by atoms with Gasteiger partial charge in [0.25, 0.3) is 0 Å². The molecule has 0 amide bonds. The summed E-state index contributed by atoms with van der Waals surface area (Å²) in [7, 11) is 0. The molecule has 2 heterocycles. The lowest BCUT2D eigenvalue weighted by Crippen LogP contribution is -2.05. The van der Waals surface area contributed by atoms with Gasteiger partial charge in [0.15, 0.2) is 5.78 Å². The van der Waals surface area contributed by atoms with E-state index < -0.39 is 0 Å². The molecule has 0 aliphatic rings. The van der Waals surface area contributed by atoms with Crippen molar-refractivity contribution in [2.45, 2.75) is 13.3 Å². The Labute approximate surface area is 115 Å². The van der Waals surface area contributed by atoms with Gasteiger partial charge in [-0.3, -0.25) is 9.78 Å². The molecular formula is C16H13NOS. The summed E-state index contributed by atoms with van der Waals surface area (Å²) in [6.45, 7) is 1.97. The number of rotatable bonds is 3. The Hall–Kier alpha value is -2.00. The molecule has 0 aliphatic carbocycles. The maximum absolute atomic E-state index is 12.3. The molecule has 94 valence electrons. The Morgan fingerprint density at radius 3 is 2.95 bits per heavy atom. The van der Waals surface area contributed by atoms with Crippen LogP contribution >= 0.6 is 11.3 Å². The van der Waals surface area contributed by atoms with Crippen LogP contribution in [0.3, 0.4) is 0 Å². The molecule has 0 bridgehead atoms. The lowest BCUT2D eigenvalue weighted by atomic mass is 10.1. The number of aryl methyl sites for hydroxylation is 1. The number of benzene rings is 1. The Morgan fingerprint density at radius 2 is 2.11 bits per heavy atom. The number of thiophene rings is 1. The van der Waals surface area contributed by atoms with Crippen molar-refractivity contribution in [3.63, 3.8) is 0 Å². The van der Waals surface area contributed by atoms with E-state index in [4.69, 9.17) is 0 Å². The van der Waals surface area contributed by atoms with Gasteiger partial charge in [-0.15, -0.1) is 11.3 Å². The zero-order valence-corrected chi connectivity index (χ0v) is 11.4. The third kappa shape index (κ3) is 2.42. The number of ketones is 1. The Balaban J connectivity index is 1.91. The van der Waals surface area contributed by atoms with Gasteiger partial charge in [0.05, 0.1) is 0 Å². The molecule has 0 radical (unpaired) electrons. The van der Waals surface area contributed by atoms with Crippen LogP contribution in [0, 0.1) is 6.92 Å². The van der Waals surface area contributed by atoms with Crippen LogP contribution in [0.2, 0.25) is 0 Å². The predicted octanol–water partition coefficient (Wildman–Crippen LogP) is 4.03. The molecule has 0 atom stereocenters. The van der Waals surface area contributed by atoms with Crippen molar-refractivity contribution < 1.29 is 4.79 Å². The Morgan fingerprint density at radius 1 is 1.26 bits per heavy atom. The van der Waals surface area contributed by atoms with Gasteiger partial charge < -0.3 is 0 Å². The molecule has 0 spiro atoms. The molecule has 0 unspecified atom stereocenters. The van der Waals surface area contributed by atoms with Gasteiger partial charge in [-0.1, -0.05) is 18.2 Å². The van der Waals surface area contributed by atoms with E-state index in [1.54, 1.807) is 17.5 Å². The van der Waals surface area contributed by atoms with Crippen molar-refractivity contribution in [2.24, 2.45) is 0 Å². The SMILES string of the molecule is Cc1ccnc(C(=O)Cc2csc3ccccc23)c1. The summed E-state index contributed by atoms with van der Waals surface area (Å²) in [6, 6.07) is 11.9. The number of nitrogens with zero attached hydrogens (tertiary/aromatic N) is 1. The van der Waals surface area contributed by atoms with Crippen LogP contribution < -0.4 is 0 Å². The first-order valence-electron chi connectivity index (χ1n) is 6.15. The fourth-order valence-corrected chi connectivity index (χ4v) is 3.08. The van der Waals surface area contributed by atoms with Gasteiger partial charge in [-0.2, -0.15) is 0 Å². The third-order valence-corrected chi connectivity index (χ3v) is 4.13. The highest BCUT2D eigenvalue weighted by molar-refractivity contribution is 7.17. The van der Waals surface area contributed by atoms with E-state index in [-0.39, 0.29) is 5.78 Å². The zero-order valence-electron chi connectivity index (χ0n) is 10.6. The predicted molar refractivity (Wildman–Crippen MR) is 78.8 cm³/mol. The van der Waals surface area contributed by atoms with E-state index in [0.29, 0.717) is 12.1 Å². The molecule has 2 aromatic heterocycles. The lowest BCUT2D eigenvalue weighted by molar-refractivity contribution is 0.0988. The van der Waals surface area contributed by atoms with E-state index in [2.05, 4.69) is 22.5 Å². The first kappa shape index (κ1) is 12.1. The Kier molecular flexibility index (Phi) is 3.13. The van der Waals surface area contributed by atoms with E-state index in [9.17, 15) is 4.79 Å². The number of carbonyl (C=O) groups is 1. The number of aromatic nitrogens is 1. The van der Waals surface area contributed by atoms with Crippen LogP contribution in [-0.4, -0.2) is 10.8 Å². The van der Waals surface area contributed by atoms with Crippen LogP contribution in [0.4, 0.5) is 0 Å². The zero-order chi connectivity index (χ0) is 13.2. The summed E-state index contributed by atoms with van der Waals surface area (Å²) < 4.78 is 1.22. The van der Waals surface area contributed by atoms with Crippen LogP contribution in [0.15, 0.2) is 48.0 Å². The van der Waals surface area contributed by atoms with Crippen molar-refractivity contribution in [1.82, 2.24) is 4.98 Å². The minimum absolute atomic E-state index is 0.0762. The van der Waals surface area contributed by atoms with Crippen molar-refractivity contribution in [2.75, 3.05) is 0 Å². The molecular weight excluding hydrogens is 254 g/mol. The first-order chi connectivity index (χ1) is 9.24. The van der Waals surface area contributed by atoms with Crippen LogP contribution in [-0.2, 0) is 6.42 Å². The van der Waals surface area contributed by atoms with Crippen LogP contribution in [0.25, 0.3) is 10.1 Å². The number of Topliss-reactive ketones (excluding diaryl/α,β-unsaturated/α-hetero) is 1. The maximum atomic E-state index is 12.3. The summed E-state index contributed by atoms with van der Waals surface area (Å²) >= 11 is 1.68. The molecule has 0 saturated carbocycles. The summed E-state index contributed by atoms with van der Waals surface area (Å²) in [5.41, 5.74) is 2.71. The average Bonchev–Trinajstić information content (AvgIpc) is 2.82. The molecule has 2 nitrogen and oxygen atoms in total. The fraction of sp³-hybridized carbons (Fsp3) is 0.125. The number of carbonyl (C=O) groups excluding carboxylic acids is 1. The van der Waals surface area contributed by atoms with Gasteiger partial charge in [0, 0.05) is 17.3 Å². The maximum Gasteiger partial charge on any atom is 0.185 e. The highest BCUT2D eigenvalue weighted by atomic mass is 32.1. The van der Waals surface area contributed by atoms with E-state index >= 15 is 0 Å². The number of hydrogen-bond acceptors (Lipinski definition) is 3. The first-order valence-corrected chi connectivity index (χ1v) is 7.03. The molecule has 1 aromatic carbocycles. The second kappa shape index (κ2) is 4.94. The molecule has 0 N–H and O–H groups in total. The van der Waals surface area contributed by atoms with Crippen LogP contribution in [0.5, 0.6) is 0 Å². The summed E-state index contributed by atoms with van der Waals surface area (Å²) in [6.07, 6.45) is 2.11. The summed E-state index contributed by atoms with van der Waals surface area (Å²) in [5.74, 6) is 0.0762. The quantitative estimate of drug-likeness (QED) is 0.671. The van der Waals surface area contributed by atoms with Gasteiger partial charge >= 0.3 is 0 Å². The van der Waals surface area contributed by atoms with Crippen LogP contribution in [0.1, 0.15) is 21.6 Å². The second-order valence-corrected chi connectivity index (χ2v) is 5.49. The Bertz CT molecular complexity index is 745. The van der Waals surface area contributed by atoms with Crippen molar-refractivity contribution in [3.05, 3.63) is 64.8 Å². The molecule has 3 heteroatoms. The number of hydrogen-bond donors (Lipinski definition) is 0. The number of fused-ring (bicyclic) bond motifs is 1. The van der Waals surface area contributed by atoms with Gasteiger partial charge in [0.2, 0.25) is 0 Å². The molecule has 3 rings (SSSR count). The standard InChI is InChI=1S/C16H13NOS/c1-11-6-7-17-14(8-11)15(18)9-12-10-19-16-5-3-2-4-13(12)16/h2-8,10H,9H2,1H3. The highest BCUT2D eigenvalue weighted by Gasteiger charge is 2.11. The van der Waals surface area contributed by atoms with E-state index in [1.165, 1.54) is 10.1 Å². The van der Waals surface area contributed by atoms with Gasteiger partial charge in [-0.25, -0.2) is 0 Å². The molecule has 0 saturated heterocycles. The van der Waals surface area contributed by atoms with Crippen molar-refractivity contribution in [1.29, 1.82) is 0 Å². The minimum atomic E-state index is 0.0762. The minimum Gasteiger partial charge on any atom is -0.292 e. The second-order valence-electron chi connectivity index (χ2n) is 4.58. The molecule has 3 aromatic rings. The third-order valence-electron chi connectivity index (χ3n) is 3.11. The van der Waals surface area contributed by atoms with E-state index in [0.717, 1.165) is 11.1 Å². The number of pyridine rings is 1. The van der Waals surface area contributed by atoms with Crippen molar-refractivity contribution >= 4 is 27.2 Å². The van der Waals surface area contributed by atoms with E-state index in [1.807, 2.05) is 31.2 Å². The normalized spacial score (nSPS) is 10.8. The summed E-state index contributed by atoms with van der Waals surface area (Å²) in [5, 5.41) is 3.24. The van der Waals surface area contributed by atoms with Crippen molar-refractivity contribution in [3.8, 4) is 0 Å². The largest absolute Gasteiger partial charge is 0.292 e. The molecule has 19 heavy (non-hydrogen) atoms. The topological polar surface area (TPSA) is 30.0 Å².